The summed E-state index contributed by atoms with van der Waals surface area (Å²) in [5.41, 5.74) is 17.2. The van der Waals surface area contributed by atoms with Gasteiger partial charge < -0.3 is 46.3 Å². The van der Waals surface area contributed by atoms with Crippen LogP contribution in [0, 0.1) is 0 Å². The third-order valence-electron chi connectivity index (χ3n) is 6.38. The van der Waals surface area contributed by atoms with Gasteiger partial charge in [0.05, 0.1) is 5.69 Å². The average molecular weight is 593 g/mol. The molecule has 4 rings (SSSR count). The third kappa shape index (κ3) is 10.3. The summed E-state index contributed by atoms with van der Waals surface area (Å²) in [6.07, 6.45) is -9.54. The molecule has 2 heterocycles. The monoisotopic (exact) mass is 592 g/mol. The summed E-state index contributed by atoms with van der Waals surface area (Å²) in [5, 5.41) is 0. The minimum Gasteiger partial charge on any atom is -0.404 e. The molecular formula is C25H34F6N8O2. The molecule has 10 nitrogen and oxygen atoms in total. The maximum absolute atomic E-state index is 12.5. The van der Waals surface area contributed by atoms with Crippen molar-refractivity contribution in [3.8, 4) is 11.5 Å². The summed E-state index contributed by atoms with van der Waals surface area (Å²) in [6, 6.07) is 8.89. The summed E-state index contributed by atoms with van der Waals surface area (Å²) in [6.45, 7) is 6.42. The van der Waals surface area contributed by atoms with Crippen molar-refractivity contribution in [2.24, 2.45) is 16.5 Å². The van der Waals surface area contributed by atoms with Crippen LogP contribution in [0.3, 0.4) is 0 Å². The van der Waals surface area contributed by atoms with Gasteiger partial charge in [0.1, 0.15) is 5.69 Å². The summed E-state index contributed by atoms with van der Waals surface area (Å²) in [7, 11) is 4.01. The Hall–Kier alpha value is -3.79. The number of aliphatic imine (C=N–C) groups is 1. The Balaban J connectivity index is 0.000000228. The van der Waals surface area contributed by atoms with Crippen molar-refractivity contribution in [3.05, 3.63) is 36.4 Å². The van der Waals surface area contributed by atoms with Crippen LogP contribution in [0.4, 0.5) is 49.1 Å². The summed E-state index contributed by atoms with van der Waals surface area (Å²) >= 11 is 0. The number of guanidine groups is 1. The van der Waals surface area contributed by atoms with E-state index in [0.717, 1.165) is 52.4 Å². The second-order valence-corrected chi connectivity index (χ2v) is 9.59. The molecule has 0 unspecified atom stereocenters. The predicted octanol–water partition coefficient (Wildman–Crippen LogP) is 3.16. The van der Waals surface area contributed by atoms with Gasteiger partial charge in [-0.25, -0.2) is 4.99 Å². The van der Waals surface area contributed by atoms with Gasteiger partial charge in [0.15, 0.2) is 17.5 Å². The standard InChI is InChI=1S/C13H18F3N5O.C12H16F3N3O/c1-20-4-6-21(7-5-20)9-2-3-10(19-12(17)18)11(8-9)22-13(14,15)16;1-17-4-6-18(7-5-17)9-2-3-10(16)11(8-9)19-12(13,14)15/h2-3,8H,4-7H2,1H3,(H4,17,18,19);2-3,8H,4-7,16H2,1H3. The van der Waals surface area contributed by atoms with Crippen molar-refractivity contribution >= 4 is 28.7 Å². The molecule has 2 aromatic carbocycles. The number of piperazine rings is 2. The van der Waals surface area contributed by atoms with Crippen LogP contribution in [0.1, 0.15) is 0 Å². The lowest BCUT2D eigenvalue weighted by molar-refractivity contribution is -0.275. The maximum Gasteiger partial charge on any atom is 0.573 e. The molecule has 0 amide bonds. The van der Waals surface area contributed by atoms with Gasteiger partial charge in [-0.3, -0.25) is 0 Å². The Bertz CT molecular complexity index is 1170. The number of nitrogen functional groups attached to an aromatic ring is 1. The fourth-order valence-electron chi connectivity index (χ4n) is 4.20. The first-order valence-electron chi connectivity index (χ1n) is 12.6. The number of benzene rings is 2. The zero-order chi connectivity index (χ0) is 30.4. The normalized spacial score (nSPS) is 17.0. The van der Waals surface area contributed by atoms with Gasteiger partial charge in [0.25, 0.3) is 0 Å². The number of hydrogen-bond acceptors (Lipinski definition) is 8. The molecule has 0 saturated carbocycles. The second-order valence-electron chi connectivity index (χ2n) is 9.59. The molecular weight excluding hydrogens is 558 g/mol. The fourth-order valence-corrected chi connectivity index (χ4v) is 4.20. The molecule has 0 aliphatic carbocycles. The highest BCUT2D eigenvalue weighted by molar-refractivity contribution is 5.80. The van der Waals surface area contributed by atoms with Crippen molar-refractivity contribution in [2.75, 3.05) is 82.0 Å². The third-order valence-corrected chi connectivity index (χ3v) is 6.38. The number of anilines is 3. The van der Waals surface area contributed by atoms with Gasteiger partial charge >= 0.3 is 12.7 Å². The van der Waals surface area contributed by atoms with Gasteiger partial charge in [0, 0.05) is 75.9 Å². The highest BCUT2D eigenvalue weighted by Crippen LogP contribution is 2.36. The molecule has 2 aliphatic heterocycles. The lowest BCUT2D eigenvalue weighted by Crippen LogP contribution is -2.44. The average Bonchev–Trinajstić information content (AvgIpc) is 2.86. The minimum atomic E-state index is -4.81. The van der Waals surface area contributed by atoms with Crippen LogP contribution < -0.4 is 36.5 Å². The zero-order valence-electron chi connectivity index (χ0n) is 22.7. The number of ether oxygens (including phenoxy) is 2. The Morgan fingerprint density at radius 3 is 1.54 bits per heavy atom. The minimum absolute atomic E-state index is 0.0183. The van der Waals surface area contributed by atoms with E-state index in [0.29, 0.717) is 11.4 Å². The lowest BCUT2D eigenvalue weighted by Gasteiger charge is -2.34. The van der Waals surface area contributed by atoms with Crippen LogP contribution in [0.5, 0.6) is 11.5 Å². The number of hydrogen-bond donors (Lipinski definition) is 3. The van der Waals surface area contributed by atoms with E-state index >= 15 is 0 Å². The molecule has 0 atom stereocenters. The van der Waals surface area contributed by atoms with Crippen molar-refractivity contribution < 1.29 is 35.8 Å². The zero-order valence-corrected chi connectivity index (χ0v) is 22.7. The smallest absolute Gasteiger partial charge is 0.404 e. The molecule has 2 aromatic rings. The second kappa shape index (κ2) is 13.2. The van der Waals surface area contributed by atoms with E-state index in [-0.39, 0.29) is 23.1 Å². The number of nitrogens with zero attached hydrogens (tertiary/aromatic N) is 5. The van der Waals surface area contributed by atoms with Crippen molar-refractivity contribution in [2.45, 2.75) is 12.7 Å². The van der Waals surface area contributed by atoms with E-state index in [1.807, 2.05) is 23.9 Å². The molecule has 6 N–H and O–H groups in total. The quantitative estimate of drug-likeness (QED) is 0.208. The van der Waals surface area contributed by atoms with Crippen molar-refractivity contribution in [3.63, 3.8) is 0 Å². The molecule has 0 radical (unpaired) electrons. The largest absolute Gasteiger partial charge is 0.573 e. The Morgan fingerprint density at radius 1 is 0.683 bits per heavy atom. The predicted molar refractivity (Wildman–Crippen MR) is 146 cm³/mol. The summed E-state index contributed by atoms with van der Waals surface area (Å²) in [4.78, 5) is 12.0. The summed E-state index contributed by atoms with van der Waals surface area (Å²) < 4.78 is 82.3. The first-order valence-corrected chi connectivity index (χ1v) is 12.6. The number of halogens is 6. The van der Waals surface area contributed by atoms with Crippen LogP contribution in [-0.4, -0.2) is 94.9 Å². The fraction of sp³-hybridized carbons (Fsp3) is 0.480. The van der Waals surface area contributed by atoms with Crippen LogP contribution >= 0.6 is 0 Å². The molecule has 0 aromatic heterocycles. The molecule has 0 spiro atoms. The Kier molecular flexibility index (Phi) is 10.3. The highest BCUT2D eigenvalue weighted by Gasteiger charge is 2.33. The number of alkyl halides is 6. The first-order chi connectivity index (χ1) is 19.1. The van der Waals surface area contributed by atoms with E-state index in [9.17, 15) is 26.3 Å². The van der Waals surface area contributed by atoms with Gasteiger partial charge in [-0.05, 0) is 38.4 Å². The van der Waals surface area contributed by atoms with Crippen molar-refractivity contribution in [1.29, 1.82) is 0 Å². The van der Waals surface area contributed by atoms with Crippen molar-refractivity contribution in [1.82, 2.24) is 9.80 Å². The van der Waals surface area contributed by atoms with Crippen LogP contribution in [-0.2, 0) is 0 Å². The number of rotatable bonds is 5. The van der Waals surface area contributed by atoms with E-state index in [2.05, 4.69) is 24.3 Å². The first kappa shape index (κ1) is 31.7. The molecule has 41 heavy (non-hydrogen) atoms. The summed E-state index contributed by atoms with van der Waals surface area (Å²) in [5.74, 6) is -1.10. The molecule has 2 aliphatic rings. The van der Waals surface area contributed by atoms with Gasteiger partial charge in [-0.15, -0.1) is 26.3 Å². The van der Waals surface area contributed by atoms with Crippen LogP contribution in [0.15, 0.2) is 41.4 Å². The Labute approximate surface area is 233 Å². The molecule has 2 saturated heterocycles. The van der Waals surface area contributed by atoms with E-state index in [1.54, 1.807) is 12.1 Å². The maximum atomic E-state index is 12.5. The highest BCUT2D eigenvalue weighted by atomic mass is 19.4. The van der Waals surface area contributed by atoms with E-state index in [1.165, 1.54) is 24.3 Å². The Morgan fingerprint density at radius 2 is 1.10 bits per heavy atom. The molecule has 2 fully saturated rings. The topological polar surface area (TPSA) is 122 Å². The molecule has 228 valence electrons. The number of likely N-dealkylation sites (N-methyl/N-ethyl adjacent to an activating group) is 2. The van der Waals surface area contributed by atoms with E-state index in [4.69, 9.17) is 17.2 Å². The van der Waals surface area contributed by atoms with E-state index < -0.39 is 18.5 Å². The van der Waals surface area contributed by atoms with Crippen LogP contribution in [0.2, 0.25) is 0 Å². The van der Waals surface area contributed by atoms with Crippen LogP contribution in [0.25, 0.3) is 0 Å². The molecule has 16 heteroatoms. The molecule has 0 bridgehead atoms. The van der Waals surface area contributed by atoms with Gasteiger partial charge in [-0.2, -0.15) is 0 Å². The van der Waals surface area contributed by atoms with Gasteiger partial charge in [0.2, 0.25) is 0 Å². The SMILES string of the molecule is CN1CCN(c2ccc(N)c(OC(F)(F)F)c2)CC1.CN1CCN(c2ccc(N=C(N)N)c(OC(F)(F)F)c2)CC1. The van der Waals surface area contributed by atoms with Gasteiger partial charge in [-0.1, -0.05) is 0 Å². The number of nitrogens with two attached hydrogens (primary N) is 3. The lowest BCUT2D eigenvalue weighted by atomic mass is 10.2.